The molecule has 2 rings (SSSR count). The molecule has 0 aromatic heterocycles. The van der Waals surface area contributed by atoms with Crippen molar-refractivity contribution >= 4 is 11.6 Å². The fourth-order valence-corrected chi connectivity index (χ4v) is 2.05. The lowest BCUT2D eigenvalue weighted by molar-refractivity contribution is 0.269. The van der Waals surface area contributed by atoms with Crippen LogP contribution in [0.5, 0.6) is 5.75 Å². The van der Waals surface area contributed by atoms with Gasteiger partial charge in [-0.15, -0.1) is 0 Å². The molecule has 13 heavy (non-hydrogen) atoms. The molecule has 2 N–H and O–H groups in total. The third-order valence-corrected chi connectivity index (χ3v) is 2.61. The standard InChI is InChI=1S/C10H12ClNO/c1-6-4-7(11)10-8(12)2-3-13-9(10)5-6/h4-5,8H,2-3,12H2,1H3/t8-/m0/s1. The van der Waals surface area contributed by atoms with Gasteiger partial charge in [0.25, 0.3) is 0 Å². The topological polar surface area (TPSA) is 35.2 Å². The first-order valence-electron chi connectivity index (χ1n) is 4.37. The molecule has 0 spiro atoms. The maximum Gasteiger partial charge on any atom is 0.125 e. The Hall–Kier alpha value is -0.730. The van der Waals surface area contributed by atoms with E-state index in [1.165, 1.54) is 0 Å². The predicted octanol–water partition coefficient (Wildman–Crippen LogP) is 2.43. The number of hydrogen-bond acceptors (Lipinski definition) is 2. The highest BCUT2D eigenvalue weighted by Crippen LogP contribution is 2.36. The third-order valence-electron chi connectivity index (χ3n) is 2.29. The van der Waals surface area contributed by atoms with Crippen molar-refractivity contribution < 1.29 is 4.74 Å². The summed E-state index contributed by atoms with van der Waals surface area (Å²) in [6.45, 7) is 2.68. The minimum absolute atomic E-state index is 0.0249. The van der Waals surface area contributed by atoms with Crippen LogP contribution in [0, 0.1) is 6.92 Å². The molecule has 70 valence electrons. The molecule has 2 nitrogen and oxygen atoms in total. The molecule has 0 unspecified atom stereocenters. The number of rotatable bonds is 0. The van der Waals surface area contributed by atoms with Crippen LogP contribution in [0.15, 0.2) is 12.1 Å². The zero-order valence-electron chi connectivity index (χ0n) is 7.51. The fraction of sp³-hybridized carbons (Fsp3) is 0.400. The number of hydrogen-bond donors (Lipinski definition) is 1. The van der Waals surface area contributed by atoms with E-state index in [9.17, 15) is 0 Å². The number of fused-ring (bicyclic) bond motifs is 1. The van der Waals surface area contributed by atoms with E-state index in [1.807, 2.05) is 19.1 Å². The van der Waals surface area contributed by atoms with Crippen molar-refractivity contribution in [1.82, 2.24) is 0 Å². The van der Waals surface area contributed by atoms with Crippen LogP contribution in [0.4, 0.5) is 0 Å². The van der Waals surface area contributed by atoms with Gasteiger partial charge in [-0.3, -0.25) is 0 Å². The minimum atomic E-state index is 0.0249. The highest BCUT2D eigenvalue weighted by molar-refractivity contribution is 6.31. The van der Waals surface area contributed by atoms with Gasteiger partial charge in [0.2, 0.25) is 0 Å². The highest BCUT2D eigenvalue weighted by atomic mass is 35.5. The van der Waals surface area contributed by atoms with Crippen molar-refractivity contribution in [3.8, 4) is 5.75 Å². The predicted molar refractivity (Wildman–Crippen MR) is 53.2 cm³/mol. The van der Waals surface area contributed by atoms with Crippen molar-refractivity contribution in [1.29, 1.82) is 0 Å². The van der Waals surface area contributed by atoms with Gasteiger partial charge in [0.15, 0.2) is 0 Å². The Labute approximate surface area is 82.6 Å². The zero-order valence-corrected chi connectivity index (χ0v) is 8.27. The molecule has 1 aliphatic rings. The molecule has 1 aliphatic heterocycles. The zero-order chi connectivity index (χ0) is 9.42. The Morgan fingerprint density at radius 2 is 2.31 bits per heavy atom. The summed E-state index contributed by atoms with van der Waals surface area (Å²) in [6, 6.07) is 3.94. The van der Waals surface area contributed by atoms with Gasteiger partial charge in [0.05, 0.1) is 6.61 Å². The lowest BCUT2D eigenvalue weighted by Crippen LogP contribution is -2.21. The lowest BCUT2D eigenvalue weighted by atomic mass is 10.00. The van der Waals surface area contributed by atoms with Gasteiger partial charge in [0, 0.05) is 23.0 Å². The second-order valence-corrected chi connectivity index (χ2v) is 3.81. The van der Waals surface area contributed by atoms with E-state index in [-0.39, 0.29) is 6.04 Å². The van der Waals surface area contributed by atoms with E-state index >= 15 is 0 Å². The first-order valence-corrected chi connectivity index (χ1v) is 4.74. The van der Waals surface area contributed by atoms with Crippen molar-refractivity contribution in [2.45, 2.75) is 19.4 Å². The highest BCUT2D eigenvalue weighted by Gasteiger charge is 2.21. The Morgan fingerprint density at radius 1 is 1.54 bits per heavy atom. The number of benzene rings is 1. The molecule has 0 aliphatic carbocycles. The van der Waals surface area contributed by atoms with Crippen LogP contribution in [0.2, 0.25) is 5.02 Å². The number of ether oxygens (including phenoxy) is 1. The summed E-state index contributed by atoms with van der Waals surface area (Å²) in [4.78, 5) is 0. The summed E-state index contributed by atoms with van der Waals surface area (Å²) in [5.74, 6) is 0.851. The SMILES string of the molecule is Cc1cc(Cl)c2c(c1)OCC[C@@H]2N. The molecule has 0 fully saturated rings. The van der Waals surface area contributed by atoms with Crippen LogP contribution in [0.3, 0.4) is 0 Å². The molecule has 0 bridgehead atoms. The van der Waals surface area contributed by atoms with Gasteiger partial charge < -0.3 is 10.5 Å². The molecule has 1 heterocycles. The molecule has 0 saturated heterocycles. The van der Waals surface area contributed by atoms with Gasteiger partial charge in [-0.25, -0.2) is 0 Å². The van der Waals surface area contributed by atoms with E-state index in [0.717, 1.165) is 28.3 Å². The Balaban J connectivity index is 2.56. The van der Waals surface area contributed by atoms with E-state index < -0.39 is 0 Å². The van der Waals surface area contributed by atoms with Crippen molar-refractivity contribution in [2.24, 2.45) is 5.73 Å². The second-order valence-electron chi connectivity index (χ2n) is 3.40. The summed E-state index contributed by atoms with van der Waals surface area (Å²) in [5, 5.41) is 0.724. The largest absolute Gasteiger partial charge is 0.493 e. The van der Waals surface area contributed by atoms with E-state index in [2.05, 4.69) is 0 Å². The number of halogens is 1. The molecule has 0 radical (unpaired) electrons. The van der Waals surface area contributed by atoms with Crippen LogP contribution in [0.1, 0.15) is 23.6 Å². The minimum Gasteiger partial charge on any atom is -0.493 e. The van der Waals surface area contributed by atoms with Crippen LogP contribution < -0.4 is 10.5 Å². The van der Waals surface area contributed by atoms with Gasteiger partial charge >= 0.3 is 0 Å². The third kappa shape index (κ3) is 1.52. The first kappa shape index (κ1) is 8.85. The second kappa shape index (κ2) is 3.20. The lowest BCUT2D eigenvalue weighted by Gasteiger charge is -2.24. The average molecular weight is 198 g/mol. The molecule has 1 atom stereocenters. The summed E-state index contributed by atoms with van der Waals surface area (Å²) in [6.07, 6.45) is 0.843. The number of aryl methyl sites for hydroxylation is 1. The Morgan fingerprint density at radius 3 is 3.08 bits per heavy atom. The fourth-order valence-electron chi connectivity index (χ4n) is 1.64. The van der Waals surface area contributed by atoms with Gasteiger partial charge in [-0.1, -0.05) is 11.6 Å². The van der Waals surface area contributed by atoms with Gasteiger partial charge in [0.1, 0.15) is 5.75 Å². The quantitative estimate of drug-likeness (QED) is 0.694. The van der Waals surface area contributed by atoms with Gasteiger partial charge in [-0.2, -0.15) is 0 Å². The molecule has 1 aromatic carbocycles. The first-order chi connectivity index (χ1) is 6.18. The smallest absolute Gasteiger partial charge is 0.125 e. The Kier molecular flexibility index (Phi) is 2.18. The molecular formula is C10H12ClNO. The van der Waals surface area contributed by atoms with E-state index in [1.54, 1.807) is 0 Å². The van der Waals surface area contributed by atoms with Crippen molar-refractivity contribution in [3.05, 3.63) is 28.3 Å². The maximum atomic E-state index is 6.08. The summed E-state index contributed by atoms with van der Waals surface area (Å²) in [5.41, 5.74) is 8.00. The van der Waals surface area contributed by atoms with Gasteiger partial charge in [-0.05, 0) is 24.6 Å². The summed E-state index contributed by atoms with van der Waals surface area (Å²) < 4.78 is 5.49. The van der Waals surface area contributed by atoms with Crippen molar-refractivity contribution in [3.63, 3.8) is 0 Å². The van der Waals surface area contributed by atoms with Crippen molar-refractivity contribution in [2.75, 3.05) is 6.61 Å². The number of nitrogens with two attached hydrogens (primary N) is 1. The summed E-state index contributed by atoms with van der Waals surface area (Å²) >= 11 is 6.08. The molecule has 0 saturated carbocycles. The molecule has 1 aromatic rings. The van der Waals surface area contributed by atoms with Crippen LogP contribution in [-0.2, 0) is 0 Å². The molecule has 3 heteroatoms. The average Bonchev–Trinajstić information content (AvgIpc) is 2.02. The van der Waals surface area contributed by atoms with E-state index in [0.29, 0.717) is 6.61 Å². The molecular weight excluding hydrogens is 186 g/mol. The van der Waals surface area contributed by atoms with Crippen LogP contribution >= 0.6 is 11.6 Å². The maximum absolute atomic E-state index is 6.08. The monoisotopic (exact) mass is 197 g/mol. The van der Waals surface area contributed by atoms with Crippen LogP contribution in [-0.4, -0.2) is 6.61 Å². The van der Waals surface area contributed by atoms with Crippen LogP contribution in [0.25, 0.3) is 0 Å². The molecule has 0 amide bonds. The summed E-state index contributed by atoms with van der Waals surface area (Å²) in [7, 11) is 0. The normalized spacial score (nSPS) is 20.7. The van der Waals surface area contributed by atoms with E-state index in [4.69, 9.17) is 22.1 Å². The Bertz CT molecular complexity index is 338.